The Morgan fingerprint density at radius 1 is 1.18 bits per heavy atom. The van der Waals surface area contributed by atoms with Gasteiger partial charge in [0.2, 0.25) is 11.8 Å². The number of hydrogen-bond acceptors (Lipinski definition) is 3. The molecule has 2 atom stereocenters. The molecule has 0 bridgehead atoms. The molecule has 0 radical (unpaired) electrons. The summed E-state index contributed by atoms with van der Waals surface area (Å²) in [4.78, 5) is 23.4. The Morgan fingerprint density at radius 2 is 1.77 bits per heavy atom. The first-order chi connectivity index (χ1) is 10.3. The maximum absolute atomic E-state index is 12.0. The molecule has 0 heterocycles. The van der Waals surface area contributed by atoms with Gasteiger partial charge in [0, 0.05) is 13.5 Å². The second kappa shape index (κ2) is 8.54. The molecule has 0 aromatic heterocycles. The van der Waals surface area contributed by atoms with Crippen molar-refractivity contribution in [3.05, 3.63) is 35.4 Å². The fraction of sp³-hybridized carbons (Fsp3) is 0.529. The Kier molecular flexibility index (Phi) is 7.05. The third-order valence-electron chi connectivity index (χ3n) is 3.52. The number of hydrogen-bond donors (Lipinski definition) is 3. The van der Waals surface area contributed by atoms with Crippen molar-refractivity contribution in [3.8, 4) is 0 Å². The van der Waals surface area contributed by atoms with E-state index in [9.17, 15) is 14.7 Å². The third-order valence-corrected chi connectivity index (χ3v) is 3.52. The van der Waals surface area contributed by atoms with Gasteiger partial charge in [-0.25, -0.2) is 0 Å². The van der Waals surface area contributed by atoms with E-state index in [2.05, 4.69) is 10.6 Å². The average molecular weight is 306 g/mol. The molecular formula is C17H26N2O3. The lowest BCUT2D eigenvalue weighted by Gasteiger charge is -2.20. The molecule has 5 heteroatoms. The molecule has 0 spiro atoms. The lowest BCUT2D eigenvalue weighted by atomic mass is 10.0. The highest BCUT2D eigenvalue weighted by Gasteiger charge is 2.18. The highest BCUT2D eigenvalue weighted by molar-refractivity contribution is 5.79. The van der Waals surface area contributed by atoms with Crippen LogP contribution in [-0.2, 0) is 9.59 Å². The summed E-state index contributed by atoms with van der Waals surface area (Å²) >= 11 is 0. The largest absolute Gasteiger partial charge is 0.391 e. The van der Waals surface area contributed by atoms with Gasteiger partial charge in [-0.2, -0.15) is 0 Å². The number of aryl methyl sites for hydroxylation is 1. The van der Waals surface area contributed by atoms with Gasteiger partial charge < -0.3 is 15.7 Å². The molecule has 0 aliphatic rings. The molecule has 0 aliphatic heterocycles. The molecule has 0 aliphatic carbocycles. The first kappa shape index (κ1) is 18.2. The van der Waals surface area contributed by atoms with Gasteiger partial charge in [0.05, 0.1) is 18.6 Å². The van der Waals surface area contributed by atoms with Crippen LogP contribution in [0.3, 0.4) is 0 Å². The Bertz CT molecular complexity index is 497. The van der Waals surface area contributed by atoms with Gasteiger partial charge in [-0.15, -0.1) is 0 Å². The summed E-state index contributed by atoms with van der Waals surface area (Å²) in [7, 11) is 0. The van der Waals surface area contributed by atoms with Crippen LogP contribution in [0.4, 0.5) is 0 Å². The van der Waals surface area contributed by atoms with Crippen LogP contribution >= 0.6 is 0 Å². The molecule has 0 saturated carbocycles. The molecule has 2 unspecified atom stereocenters. The lowest BCUT2D eigenvalue weighted by Crippen LogP contribution is -2.37. The minimum atomic E-state index is -0.567. The van der Waals surface area contributed by atoms with Crippen LogP contribution in [0, 0.1) is 12.8 Å². The molecule has 1 rings (SSSR count). The minimum Gasteiger partial charge on any atom is -0.391 e. The summed E-state index contributed by atoms with van der Waals surface area (Å²) in [6.45, 7) is 7.42. The summed E-state index contributed by atoms with van der Waals surface area (Å²) in [5.74, 6) is -0.289. The number of nitrogens with one attached hydrogen (secondary N) is 2. The summed E-state index contributed by atoms with van der Waals surface area (Å²) in [5, 5.41) is 15.2. The Balaban J connectivity index is 2.67. The fourth-order valence-corrected chi connectivity index (χ4v) is 2.01. The van der Waals surface area contributed by atoms with Crippen LogP contribution in [0.1, 0.15) is 44.4 Å². The number of aliphatic hydroxyl groups excluding tert-OH is 1. The van der Waals surface area contributed by atoms with Crippen LogP contribution in [0.2, 0.25) is 0 Å². The SMILES string of the molecule is CC(=O)NC(CC(=O)NCC(O)C(C)C)c1ccc(C)cc1. The zero-order chi connectivity index (χ0) is 16.7. The normalized spacial score (nSPS) is 13.5. The van der Waals surface area contributed by atoms with Gasteiger partial charge in [0.25, 0.3) is 0 Å². The predicted octanol–water partition coefficient (Wildman–Crippen LogP) is 1.70. The van der Waals surface area contributed by atoms with Gasteiger partial charge in [0.15, 0.2) is 0 Å². The molecular weight excluding hydrogens is 280 g/mol. The monoisotopic (exact) mass is 306 g/mol. The fourth-order valence-electron chi connectivity index (χ4n) is 2.01. The standard InChI is InChI=1S/C17H26N2O3/c1-11(2)16(21)10-18-17(22)9-15(19-13(4)20)14-7-5-12(3)6-8-14/h5-8,11,15-16,21H,9-10H2,1-4H3,(H,18,22)(H,19,20). The quantitative estimate of drug-likeness (QED) is 0.717. The second-order valence-electron chi connectivity index (χ2n) is 5.98. The number of carbonyl (C=O) groups is 2. The Hall–Kier alpha value is -1.88. The van der Waals surface area contributed by atoms with Crippen LogP contribution < -0.4 is 10.6 Å². The lowest BCUT2D eigenvalue weighted by molar-refractivity contribution is -0.123. The summed E-state index contributed by atoms with van der Waals surface area (Å²) in [6.07, 6.45) is -0.421. The maximum Gasteiger partial charge on any atom is 0.222 e. The minimum absolute atomic E-state index is 0.0866. The Morgan fingerprint density at radius 3 is 2.27 bits per heavy atom. The van der Waals surface area contributed by atoms with Gasteiger partial charge in [0.1, 0.15) is 0 Å². The van der Waals surface area contributed by atoms with Crippen molar-refractivity contribution in [2.45, 2.75) is 46.3 Å². The zero-order valence-corrected chi connectivity index (χ0v) is 13.7. The van der Waals surface area contributed by atoms with E-state index >= 15 is 0 Å². The van der Waals surface area contributed by atoms with E-state index in [1.807, 2.05) is 45.0 Å². The van der Waals surface area contributed by atoms with Gasteiger partial charge >= 0.3 is 0 Å². The van der Waals surface area contributed by atoms with E-state index in [-0.39, 0.29) is 36.7 Å². The van der Waals surface area contributed by atoms with Crippen molar-refractivity contribution in [1.82, 2.24) is 10.6 Å². The third kappa shape index (κ3) is 6.26. The molecule has 0 fully saturated rings. The zero-order valence-electron chi connectivity index (χ0n) is 13.7. The van der Waals surface area contributed by atoms with Crippen molar-refractivity contribution in [3.63, 3.8) is 0 Å². The number of carbonyl (C=O) groups excluding carboxylic acids is 2. The van der Waals surface area contributed by atoms with E-state index in [4.69, 9.17) is 0 Å². The number of rotatable bonds is 7. The molecule has 3 N–H and O–H groups in total. The van der Waals surface area contributed by atoms with Crippen molar-refractivity contribution in [2.75, 3.05) is 6.54 Å². The smallest absolute Gasteiger partial charge is 0.222 e. The van der Waals surface area contributed by atoms with E-state index in [0.29, 0.717) is 0 Å². The highest BCUT2D eigenvalue weighted by Crippen LogP contribution is 2.17. The van der Waals surface area contributed by atoms with Crippen LogP contribution in [0.25, 0.3) is 0 Å². The molecule has 0 saturated heterocycles. The molecule has 1 aromatic rings. The van der Waals surface area contributed by atoms with Crippen molar-refractivity contribution < 1.29 is 14.7 Å². The maximum atomic E-state index is 12.0. The molecule has 22 heavy (non-hydrogen) atoms. The average Bonchev–Trinajstić information content (AvgIpc) is 2.44. The molecule has 2 amide bonds. The van der Waals surface area contributed by atoms with Crippen molar-refractivity contribution >= 4 is 11.8 Å². The van der Waals surface area contributed by atoms with Crippen LogP contribution in [-0.4, -0.2) is 29.6 Å². The molecule has 1 aromatic carbocycles. The molecule has 122 valence electrons. The number of aliphatic hydroxyl groups is 1. The van der Waals surface area contributed by atoms with Gasteiger partial charge in [-0.05, 0) is 18.4 Å². The highest BCUT2D eigenvalue weighted by atomic mass is 16.3. The van der Waals surface area contributed by atoms with Gasteiger partial charge in [-0.1, -0.05) is 43.7 Å². The van der Waals surface area contributed by atoms with Crippen molar-refractivity contribution in [2.24, 2.45) is 5.92 Å². The van der Waals surface area contributed by atoms with E-state index in [1.165, 1.54) is 6.92 Å². The summed E-state index contributed by atoms with van der Waals surface area (Å²) in [6, 6.07) is 7.35. The summed E-state index contributed by atoms with van der Waals surface area (Å²) in [5.41, 5.74) is 2.01. The number of benzene rings is 1. The van der Waals surface area contributed by atoms with E-state index < -0.39 is 6.10 Å². The van der Waals surface area contributed by atoms with E-state index in [1.54, 1.807) is 0 Å². The summed E-state index contributed by atoms with van der Waals surface area (Å²) < 4.78 is 0. The Labute approximate surface area is 132 Å². The van der Waals surface area contributed by atoms with Crippen LogP contribution in [0.15, 0.2) is 24.3 Å². The first-order valence-corrected chi connectivity index (χ1v) is 7.58. The molecule has 5 nitrogen and oxygen atoms in total. The van der Waals surface area contributed by atoms with Gasteiger partial charge in [-0.3, -0.25) is 9.59 Å². The number of amides is 2. The first-order valence-electron chi connectivity index (χ1n) is 7.58. The van der Waals surface area contributed by atoms with Crippen molar-refractivity contribution in [1.29, 1.82) is 0 Å². The van der Waals surface area contributed by atoms with Crippen LogP contribution in [0.5, 0.6) is 0 Å². The van der Waals surface area contributed by atoms with E-state index in [0.717, 1.165) is 11.1 Å². The second-order valence-corrected chi connectivity index (χ2v) is 5.98. The predicted molar refractivity (Wildman–Crippen MR) is 86.2 cm³/mol. The topological polar surface area (TPSA) is 78.4 Å².